The fraction of sp³-hybridized carbons (Fsp3) is 0.375. The second-order valence-electron chi connectivity index (χ2n) is 10.3. The van der Waals surface area contributed by atoms with Crippen LogP contribution in [-0.2, 0) is 22.6 Å². The summed E-state index contributed by atoms with van der Waals surface area (Å²) in [7, 11) is 0.868. The van der Waals surface area contributed by atoms with E-state index in [1.807, 2.05) is 0 Å². The van der Waals surface area contributed by atoms with Gasteiger partial charge in [-0.15, -0.1) is 0 Å². The summed E-state index contributed by atoms with van der Waals surface area (Å²) in [6.07, 6.45) is 10.0. The number of aromatic nitrogens is 2. The Labute approximate surface area is 234 Å². The molecule has 0 aliphatic carbocycles. The first-order valence-electron chi connectivity index (χ1n) is 13.7. The van der Waals surface area contributed by atoms with Crippen LogP contribution in [0.5, 0.6) is 0 Å². The molecule has 0 saturated carbocycles. The molecule has 4 rings (SSSR count). The number of pyridine rings is 1. The zero-order chi connectivity index (χ0) is 27.8. The van der Waals surface area contributed by atoms with Crippen LogP contribution in [0.25, 0.3) is 34.0 Å². The molecule has 204 valence electrons. The van der Waals surface area contributed by atoms with Crippen molar-refractivity contribution in [1.82, 2.24) is 9.24 Å². The van der Waals surface area contributed by atoms with Crippen LogP contribution in [0.15, 0.2) is 67.0 Å². The lowest BCUT2D eigenvalue weighted by atomic mass is 10.1. The fourth-order valence-electron chi connectivity index (χ4n) is 5.00. The Hall–Kier alpha value is -3.07. The van der Waals surface area contributed by atoms with E-state index in [2.05, 4.69) is 134 Å². The molecule has 39 heavy (non-hydrogen) atoms. The van der Waals surface area contributed by atoms with Gasteiger partial charge >= 0.3 is 0 Å². The van der Waals surface area contributed by atoms with E-state index in [-0.39, 0.29) is 0 Å². The van der Waals surface area contributed by atoms with Gasteiger partial charge in [-0.25, -0.2) is 9.24 Å². The second kappa shape index (κ2) is 13.8. The second-order valence-corrected chi connectivity index (χ2v) is 11.7. The van der Waals surface area contributed by atoms with Crippen molar-refractivity contribution in [3.05, 3.63) is 78.1 Å². The van der Waals surface area contributed by atoms with E-state index in [0.29, 0.717) is 31.7 Å². The zero-order valence-electron chi connectivity index (χ0n) is 23.7. The van der Waals surface area contributed by atoms with Crippen LogP contribution in [0.1, 0.15) is 51.7 Å². The quantitative estimate of drug-likeness (QED) is 0.0997. The van der Waals surface area contributed by atoms with Crippen LogP contribution in [0.4, 0.5) is 0 Å². The smallest absolute Gasteiger partial charge is 0.259 e. The molecular formula is C32H40N4O2P+. The highest BCUT2D eigenvalue weighted by molar-refractivity contribution is 7.44. The maximum atomic E-state index is 8.94. The molecule has 4 aromatic rings. The van der Waals surface area contributed by atoms with E-state index in [1.165, 1.54) is 32.9 Å². The number of aryl methyl sites for hydroxylation is 2. The van der Waals surface area contributed by atoms with E-state index in [9.17, 15) is 0 Å². The maximum Gasteiger partial charge on any atom is 0.259 e. The lowest BCUT2D eigenvalue weighted by molar-refractivity contribution is -0.644. The van der Waals surface area contributed by atoms with Crippen molar-refractivity contribution in [3.8, 4) is 6.07 Å². The van der Waals surface area contributed by atoms with Crippen molar-refractivity contribution >= 4 is 42.5 Å². The highest BCUT2D eigenvalue weighted by Gasteiger charge is 2.27. The molecule has 0 radical (unpaired) electrons. The molecule has 0 bridgehead atoms. The van der Waals surface area contributed by atoms with E-state index in [0.717, 1.165) is 13.0 Å². The molecule has 1 unspecified atom stereocenters. The summed E-state index contributed by atoms with van der Waals surface area (Å²) < 4.78 is 19.1. The summed E-state index contributed by atoms with van der Waals surface area (Å²) >= 11 is 0. The molecular weight excluding hydrogens is 503 g/mol. The average Bonchev–Trinajstić information content (AvgIpc) is 3.28. The summed E-state index contributed by atoms with van der Waals surface area (Å²) in [4.78, 5) is 0. The van der Waals surface area contributed by atoms with Crippen molar-refractivity contribution in [3.63, 3.8) is 0 Å². The number of hydrogen-bond donors (Lipinski definition) is 0. The Kier molecular flexibility index (Phi) is 10.3. The van der Waals surface area contributed by atoms with Crippen LogP contribution >= 0.6 is 8.53 Å². The zero-order valence-corrected chi connectivity index (χ0v) is 24.6. The molecule has 0 fully saturated rings. The van der Waals surface area contributed by atoms with Crippen molar-refractivity contribution in [1.29, 1.82) is 5.26 Å². The first-order valence-corrected chi connectivity index (χ1v) is 14.9. The minimum absolute atomic E-state index is 0.296. The van der Waals surface area contributed by atoms with E-state index >= 15 is 0 Å². The lowest BCUT2D eigenvalue weighted by Gasteiger charge is -2.35. The summed E-state index contributed by atoms with van der Waals surface area (Å²) in [5.74, 6) is 0. The van der Waals surface area contributed by atoms with E-state index in [1.54, 1.807) is 0 Å². The molecule has 2 aromatic heterocycles. The molecule has 6 nitrogen and oxygen atoms in total. The van der Waals surface area contributed by atoms with Gasteiger partial charge in [-0.3, -0.25) is 0 Å². The van der Waals surface area contributed by atoms with Gasteiger partial charge in [0.2, 0.25) is 5.52 Å². The van der Waals surface area contributed by atoms with Gasteiger partial charge in [0.05, 0.1) is 31.1 Å². The van der Waals surface area contributed by atoms with Crippen molar-refractivity contribution in [2.45, 2.75) is 59.2 Å². The minimum atomic E-state index is -1.21. The van der Waals surface area contributed by atoms with Crippen LogP contribution in [0.2, 0.25) is 0 Å². The Morgan fingerprint density at radius 2 is 1.59 bits per heavy atom. The van der Waals surface area contributed by atoms with Crippen LogP contribution < -0.4 is 4.57 Å². The SMILES string of the molecule is CC(C)N(C(C)C)P(OCCC#N)OCCCn1cc(/C=C/c2cc[n+](C)c3ccccc23)c2ccccc21. The van der Waals surface area contributed by atoms with Crippen molar-refractivity contribution in [2.75, 3.05) is 13.2 Å². The van der Waals surface area contributed by atoms with E-state index in [4.69, 9.17) is 14.3 Å². The standard InChI is InChI=1S/C32H40N4O2P/c1-25(2)36(26(3)4)39(37-22-10-19-33)38-23-11-20-35-24-28(30-13-7-9-15-32(30)35)17-16-27-18-21-34(5)31-14-8-6-12-29(27)31/h6-9,12-18,21,24-26H,10-11,20,22-23H2,1-5H3/q+1. The van der Waals surface area contributed by atoms with Crippen LogP contribution in [-0.4, -0.2) is 34.5 Å². The molecule has 2 heterocycles. The number of fused-ring (bicyclic) bond motifs is 2. The first kappa shape index (κ1) is 28.9. The Morgan fingerprint density at radius 3 is 2.33 bits per heavy atom. The van der Waals surface area contributed by atoms with Crippen molar-refractivity contribution < 1.29 is 13.6 Å². The summed E-state index contributed by atoms with van der Waals surface area (Å²) in [5, 5.41) is 11.4. The highest BCUT2D eigenvalue weighted by Crippen LogP contribution is 2.46. The average molecular weight is 544 g/mol. The van der Waals surface area contributed by atoms with Gasteiger partial charge in [-0.1, -0.05) is 42.5 Å². The monoisotopic (exact) mass is 543 g/mol. The van der Waals surface area contributed by atoms with Gasteiger partial charge in [0.25, 0.3) is 8.53 Å². The maximum absolute atomic E-state index is 8.94. The van der Waals surface area contributed by atoms with Gasteiger partial charge in [0, 0.05) is 47.9 Å². The first-order chi connectivity index (χ1) is 18.9. The molecule has 0 N–H and O–H groups in total. The van der Waals surface area contributed by atoms with Gasteiger partial charge in [-0.2, -0.15) is 5.26 Å². The van der Waals surface area contributed by atoms with Crippen molar-refractivity contribution in [2.24, 2.45) is 7.05 Å². The third-order valence-corrected chi connectivity index (χ3v) is 8.85. The third-order valence-electron chi connectivity index (χ3n) is 6.74. The largest absolute Gasteiger partial charge is 0.347 e. The molecule has 2 aromatic carbocycles. The Bertz CT molecular complexity index is 1450. The molecule has 0 aliphatic heterocycles. The molecule has 1 atom stereocenters. The molecule has 0 amide bonds. The van der Waals surface area contributed by atoms with Crippen LogP contribution in [0.3, 0.4) is 0 Å². The molecule has 0 saturated heterocycles. The van der Waals surface area contributed by atoms with Gasteiger partial charge in [0.15, 0.2) is 6.20 Å². The summed E-state index contributed by atoms with van der Waals surface area (Å²) in [6.45, 7) is 10.5. The number of para-hydroxylation sites is 2. The number of hydrogen-bond acceptors (Lipinski definition) is 4. The number of nitrogens with zero attached hydrogens (tertiary/aromatic N) is 4. The van der Waals surface area contributed by atoms with Gasteiger partial charge < -0.3 is 13.6 Å². The van der Waals surface area contributed by atoms with E-state index < -0.39 is 8.53 Å². The van der Waals surface area contributed by atoms with Gasteiger partial charge in [0.1, 0.15) is 7.05 Å². The highest BCUT2D eigenvalue weighted by atomic mass is 31.2. The number of rotatable bonds is 13. The minimum Gasteiger partial charge on any atom is -0.347 e. The molecule has 7 heteroatoms. The van der Waals surface area contributed by atoms with Gasteiger partial charge in [-0.05, 0) is 57.4 Å². The normalized spacial score (nSPS) is 12.9. The fourth-order valence-corrected chi connectivity index (χ4v) is 6.62. The predicted molar refractivity (Wildman–Crippen MR) is 162 cm³/mol. The predicted octanol–water partition coefficient (Wildman–Crippen LogP) is 7.47. The number of benzene rings is 2. The Balaban J connectivity index is 1.48. The number of nitriles is 1. The topological polar surface area (TPSA) is 54.3 Å². The molecule has 0 spiro atoms. The lowest BCUT2D eigenvalue weighted by Crippen LogP contribution is -2.33. The third kappa shape index (κ3) is 7.12. The Morgan fingerprint density at radius 1 is 0.923 bits per heavy atom. The van der Waals surface area contributed by atoms with Crippen LogP contribution in [0, 0.1) is 11.3 Å². The summed E-state index contributed by atoms with van der Waals surface area (Å²) in [6, 6.07) is 22.0. The summed E-state index contributed by atoms with van der Waals surface area (Å²) in [5.41, 5.74) is 4.85. The molecule has 0 aliphatic rings.